The van der Waals surface area contributed by atoms with Gasteiger partial charge in [0.05, 0.1) is 14.2 Å². The van der Waals surface area contributed by atoms with Crippen LogP contribution >= 0.6 is 0 Å². The molecule has 0 aliphatic heterocycles. The zero-order chi connectivity index (χ0) is 19.1. The van der Waals surface area contributed by atoms with Gasteiger partial charge in [-0.1, -0.05) is 39.8 Å². The topological polar surface area (TPSA) is 36.9 Å². The van der Waals surface area contributed by atoms with Gasteiger partial charge in [-0.25, -0.2) is 0 Å². The number of ether oxygens (including phenoxy) is 4. The largest absolute Gasteiger partial charge is 0.493 e. The minimum absolute atomic E-state index is 0.423. The highest BCUT2D eigenvalue weighted by Gasteiger charge is 2.10. The van der Waals surface area contributed by atoms with Crippen molar-refractivity contribution in [2.75, 3.05) is 27.4 Å². The van der Waals surface area contributed by atoms with Crippen LogP contribution in [0.5, 0.6) is 23.0 Å². The van der Waals surface area contributed by atoms with Gasteiger partial charge in [0.1, 0.15) is 13.2 Å². The molecule has 2 aromatic rings. The maximum absolute atomic E-state index is 5.83. The van der Waals surface area contributed by atoms with Gasteiger partial charge in [0.15, 0.2) is 23.0 Å². The molecule has 142 valence electrons. The monoisotopic (exact) mass is 358 g/mol. The van der Waals surface area contributed by atoms with Crippen LogP contribution in [0.3, 0.4) is 0 Å². The second-order valence-electron chi connectivity index (χ2n) is 6.83. The van der Waals surface area contributed by atoms with Crippen molar-refractivity contribution in [3.05, 3.63) is 47.5 Å². The van der Waals surface area contributed by atoms with Crippen LogP contribution < -0.4 is 18.9 Å². The Morgan fingerprint density at radius 3 is 1.31 bits per heavy atom. The molecular weight excluding hydrogens is 328 g/mol. The van der Waals surface area contributed by atoms with Crippen LogP contribution in [0.2, 0.25) is 0 Å². The molecule has 0 N–H and O–H groups in total. The van der Waals surface area contributed by atoms with Gasteiger partial charge >= 0.3 is 0 Å². The number of hydrogen-bond donors (Lipinski definition) is 0. The van der Waals surface area contributed by atoms with Crippen LogP contribution in [0.25, 0.3) is 0 Å². The summed E-state index contributed by atoms with van der Waals surface area (Å²) in [6, 6.07) is 12.1. The Bertz CT molecular complexity index is 646. The summed E-state index contributed by atoms with van der Waals surface area (Å²) >= 11 is 0. The van der Waals surface area contributed by atoms with Gasteiger partial charge in [0, 0.05) is 0 Å². The van der Waals surface area contributed by atoms with Crippen molar-refractivity contribution < 1.29 is 18.9 Å². The average Bonchev–Trinajstić information content (AvgIpc) is 2.64. The summed E-state index contributed by atoms with van der Waals surface area (Å²) in [5.41, 5.74) is 2.45. The van der Waals surface area contributed by atoms with E-state index in [0.29, 0.717) is 25.0 Å². The molecule has 0 atom stereocenters. The van der Waals surface area contributed by atoms with Crippen molar-refractivity contribution in [1.29, 1.82) is 0 Å². The van der Waals surface area contributed by atoms with E-state index in [4.69, 9.17) is 18.9 Å². The number of benzene rings is 2. The summed E-state index contributed by atoms with van der Waals surface area (Å²) in [5, 5.41) is 0. The molecule has 0 aliphatic rings. The Balaban J connectivity index is 1.95. The summed E-state index contributed by atoms with van der Waals surface area (Å²) in [5.74, 6) is 3.83. The van der Waals surface area contributed by atoms with Crippen molar-refractivity contribution in [3.63, 3.8) is 0 Å². The Hall–Kier alpha value is -2.36. The van der Waals surface area contributed by atoms with E-state index < -0.39 is 0 Å². The van der Waals surface area contributed by atoms with Crippen molar-refractivity contribution >= 4 is 0 Å². The smallest absolute Gasteiger partial charge is 0.161 e. The molecule has 4 heteroatoms. The van der Waals surface area contributed by atoms with Crippen LogP contribution in [-0.2, 0) is 0 Å². The molecule has 0 unspecified atom stereocenters. The summed E-state index contributed by atoms with van der Waals surface area (Å²) in [4.78, 5) is 0. The van der Waals surface area contributed by atoms with Crippen molar-refractivity contribution in [2.24, 2.45) is 0 Å². The van der Waals surface area contributed by atoms with Crippen molar-refractivity contribution in [2.45, 2.75) is 39.5 Å². The maximum atomic E-state index is 5.83. The van der Waals surface area contributed by atoms with Crippen LogP contribution in [-0.4, -0.2) is 27.4 Å². The molecule has 0 aliphatic carbocycles. The highest BCUT2D eigenvalue weighted by Crippen LogP contribution is 2.32. The third-order valence-corrected chi connectivity index (χ3v) is 4.31. The normalized spacial score (nSPS) is 10.9. The van der Waals surface area contributed by atoms with Gasteiger partial charge in [0.2, 0.25) is 0 Å². The predicted molar refractivity (Wildman–Crippen MR) is 105 cm³/mol. The molecule has 0 heterocycles. The standard InChI is InChI=1S/C22H30O4/c1-15(2)17-7-9-19(21(13-17)23-5)25-11-12-26-20-10-8-18(16(3)4)14-22(20)24-6/h7-10,13-16H,11-12H2,1-6H3. The zero-order valence-electron chi connectivity index (χ0n) is 16.7. The van der Waals surface area contributed by atoms with E-state index in [1.807, 2.05) is 24.3 Å². The summed E-state index contributed by atoms with van der Waals surface area (Å²) in [6.07, 6.45) is 0. The molecule has 0 saturated carbocycles. The van der Waals surface area contributed by atoms with Gasteiger partial charge in [-0.15, -0.1) is 0 Å². The van der Waals surface area contributed by atoms with E-state index in [-0.39, 0.29) is 0 Å². The van der Waals surface area contributed by atoms with Crippen molar-refractivity contribution in [3.8, 4) is 23.0 Å². The van der Waals surface area contributed by atoms with E-state index in [0.717, 1.165) is 23.0 Å². The second-order valence-corrected chi connectivity index (χ2v) is 6.83. The molecule has 4 nitrogen and oxygen atoms in total. The predicted octanol–water partition coefficient (Wildman–Crippen LogP) is 5.41. The highest BCUT2D eigenvalue weighted by atomic mass is 16.5. The highest BCUT2D eigenvalue weighted by molar-refractivity contribution is 5.44. The van der Waals surface area contributed by atoms with Crippen molar-refractivity contribution in [1.82, 2.24) is 0 Å². The lowest BCUT2D eigenvalue weighted by molar-refractivity contribution is 0.206. The lowest BCUT2D eigenvalue weighted by Gasteiger charge is -2.15. The maximum Gasteiger partial charge on any atom is 0.161 e. The molecule has 0 amide bonds. The average molecular weight is 358 g/mol. The molecule has 0 fully saturated rings. The fourth-order valence-electron chi connectivity index (χ4n) is 2.63. The van der Waals surface area contributed by atoms with Gasteiger partial charge < -0.3 is 18.9 Å². The Morgan fingerprint density at radius 2 is 1.00 bits per heavy atom. The molecule has 26 heavy (non-hydrogen) atoms. The van der Waals surface area contributed by atoms with Crippen LogP contribution in [0.4, 0.5) is 0 Å². The molecule has 0 radical (unpaired) electrons. The van der Waals surface area contributed by atoms with Gasteiger partial charge in [0.25, 0.3) is 0 Å². The second kappa shape index (κ2) is 9.37. The lowest BCUT2D eigenvalue weighted by Crippen LogP contribution is -2.10. The lowest BCUT2D eigenvalue weighted by atomic mass is 10.0. The first kappa shape index (κ1) is 20.0. The molecule has 0 aromatic heterocycles. The Morgan fingerprint density at radius 1 is 0.615 bits per heavy atom. The molecule has 2 rings (SSSR count). The minimum Gasteiger partial charge on any atom is -0.493 e. The first-order chi connectivity index (χ1) is 12.5. The Kier molecular flexibility index (Phi) is 7.19. The van der Waals surface area contributed by atoms with E-state index >= 15 is 0 Å². The number of rotatable bonds is 9. The van der Waals surface area contributed by atoms with E-state index in [2.05, 4.69) is 39.8 Å². The number of methoxy groups -OCH3 is 2. The molecule has 0 spiro atoms. The van der Waals surface area contributed by atoms with E-state index in [9.17, 15) is 0 Å². The van der Waals surface area contributed by atoms with Crippen LogP contribution in [0.15, 0.2) is 36.4 Å². The third-order valence-electron chi connectivity index (χ3n) is 4.31. The van der Waals surface area contributed by atoms with Crippen LogP contribution in [0, 0.1) is 0 Å². The Labute approximate surface area is 157 Å². The summed E-state index contributed by atoms with van der Waals surface area (Å²) in [6.45, 7) is 9.46. The minimum atomic E-state index is 0.423. The first-order valence-electron chi connectivity index (χ1n) is 9.07. The number of hydrogen-bond acceptors (Lipinski definition) is 4. The SMILES string of the molecule is COc1cc(C(C)C)ccc1OCCOc1ccc(C(C)C)cc1OC. The summed E-state index contributed by atoms with van der Waals surface area (Å²) < 4.78 is 22.5. The molecular formula is C22H30O4. The zero-order valence-corrected chi connectivity index (χ0v) is 16.7. The molecule has 2 aromatic carbocycles. The molecule has 0 bridgehead atoms. The van der Waals surface area contributed by atoms with E-state index in [1.165, 1.54) is 11.1 Å². The van der Waals surface area contributed by atoms with Gasteiger partial charge in [-0.3, -0.25) is 0 Å². The first-order valence-corrected chi connectivity index (χ1v) is 9.07. The fourth-order valence-corrected chi connectivity index (χ4v) is 2.63. The third kappa shape index (κ3) is 5.07. The fraction of sp³-hybridized carbons (Fsp3) is 0.455. The van der Waals surface area contributed by atoms with Gasteiger partial charge in [-0.2, -0.15) is 0 Å². The molecule has 0 saturated heterocycles. The van der Waals surface area contributed by atoms with Gasteiger partial charge in [-0.05, 0) is 47.2 Å². The quantitative estimate of drug-likeness (QED) is 0.562. The van der Waals surface area contributed by atoms with E-state index in [1.54, 1.807) is 14.2 Å². The summed E-state index contributed by atoms with van der Waals surface area (Å²) in [7, 11) is 3.31. The van der Waals surface area contributed by atoms with Crippen LogP contribution in [0.1, 0.15) is 50.7 Å².